The van der Waals surface area contributed by atoms with E-state index >= 15 is 0 Å². The SMILES string of the molecule is O=C(c1cccc(F)c1Cl)N1CCCC1CCl. The van der Waals surface area contributed by atoms with Crippen molar-refractivity contribution in [3.63, 3.8) is 0 Å². The second-order valence-electron chi connectivity index (χ2n) is 4.05. The van der Waals surface area contributed by atoms with Crippen molar-refractivity contribution in [2.24, 2.45) is 0 Å². The molecule has 2 nitrogen and oxygen atoms in total. The Morgan fingerprint density at radius 2 is 2.29 bits per heavy atom. The Labute approximate surface area is 109 Å². The number of halogens is 3. The molecule has 0 saturated carbocycles. The summed E-state index contributed by atoms with van der Waals surface area (Å²) in [6.07, 6.45) is 1.82. The lowest BCUT2D eigenvalue weighted by Crippen LogP contribution is -2.36. The highest BCUT2D eigenvalue weighted by Crippen LogP contribution is 2.25. The van der Waals surface area contributed by atoms with Crippen LogP contribution in [0.2, 0.25) is 5.02 Å². The zero-order valence-electron chi connectivity index (χ0n) is 9.13. The summed E-state index contributed by atoms with van der Waals surface area (Å²) in [6, 6.07) is 4.29. The Morgan fingerprint density at radius 1 is 1.53 bits per heavy atom. The van der Waals surface area contributed by atoms with Crippen LogP contribution in [0.25, 0.3) is 0 Å². The molecule has 1 aliphatic heterocycles. The minimum Gasteiger partial charge on any atom is -0.334 e. The topological polar surface area (TPSA) is 20.3 Å². The third-order valence-corrected chi connectivity index (χ3v) is 3.74. The van der Waals surface area contributed by atoms with Gasteiger partial charge in [0.2, 0.25) is 0 Å². The van der Waals surface area contributed by atoms with Crippen molar-refractivity contribution in [3.05, 3.63) is 34.6 Å². The summed E-state index contributed by atoms with van der Waals surface area (Å²) in [7, 11) is 0. The van der Waals surface area contributed by atoms with E-state index in [1.54, 1.807) is 4.90 Å². The Morgan fingerprint density at radius 3 is 3.00 bits per heavy atom. The standard InChI is InChI=1S/C12H12Cl2FNO/c13-7-8-3-2-6-16(8)12(17)9-4-1-5-10(15)11(9)14/h1,4-5,8H,2-3,6-7H2. The van der Waals surface area contributed by atoms with Crippen LogP contribution in [0.4, 0.5) is 4.39 Å². The van der Waals surface area contributed by atoms with Crippen molar-refractivity contribution < 1.29 is 9.18 Å². The number of carbonyl (C=O) groups excluding carboxylic acids is 1. The maximum atomic E-state index is 13.3. The van der Waals surface area contributed by atoms with Gasteiger partial charge in [-0.1, -0.05) is 17.7 Å². The summed E-state index contributed by atoms with van der Waals surface area (Å²) in [4.78, 5) is 13.9. The lowest BCUT2D eigenvalue weighted by atomic mass is 10.1. The third kappa shape index (κ3) is 2.40. The van der Waals surface area contributed by atoms with Crippen LogP contribution in [0, 0.1) is 5.82 Å². The second-order valence-corrected chi connectivity index (χ2v) is 4.74. The van der Waals surface area contributed by atoms with Gasteiger partial charge in [0.05, 0.1) is 10.6 Å². The summed E-state index contributed by atoms with van der Waals surface area (Å²) in [5.74, 6) is -0.407. The predicted molar refractivity (Wildman–Crippen MR) is 66.2 cm³/mol. The van der Waals surface area contributed by atoms with Crippen LogP contribution in [0.3, 0.4) is 0 Å². The number of hydrogen-bond acceptors (Lipinski definition) is 1. The molecule has 1 heterocycles. The molecule has 2 rings (SSSR count). The van der Waals surface area contributed by atoms with Gasteiger partial charge in [0.25, 0.3) is 5.91 Å². The molecule has 1 aromatic carbocycles. The Hall–Kier alpha value is -0.800. The number of carbonyl (C=O) groups is 1. The van der Waals surface area contributed by atoms with Crippen molar-refractivity contribution >= 4 is 29.1 Å². The van der Waals surface area contributed by atoms with E-state index in [0.29, 0.717) is 12.4 Å². The van der Waals surface area contributed by atoms with Gasteiger partial charge in [0.1, 0.15) is 5.82 Å². The molecule has 0 aliphatic carbocycles. The van der Waals surface area contributed by atoms with Gasteiger partial charge < -0.3 is 4.90 Å². The van der Waals surface area contributed by atoms with E-state index in [2.05, 4.69) is 0 Å². The van der Waals surface area contributed by atoms with Crippen molar-refractivity contribution in [3.8, 4) is 0 Å². The molecular weight excluding hydrogens is 264 g/mol. The van der Waals surface area contributed by atoms with Gasteiger partial charge in [0, 0.05) is 18.5 Å². The first-order chi connectivity index (χ1) is 8.15. The van der Waals surface area contributed by atoms with Gasteiger partial charge in [-0.3, -0.25) is 4.79 Å². The molecule has 0 aromatic heterocycles. The normalized spacial score (nSPS) is 19.7. The van der Waals surface area contributed by atoms with E-state index in [9.17, 15) is 9.18 Å². The van der Waals surface area contributed by atoms with Crippen molar-refractivity contribution in [1.82, 2.24) is 4.90 Å². The molecule has 0 spiro atoms. The van der Waals surface area contributed by atoms with E-state index in [1.807, 2.05) is 0 Å². The maximum Gasteiger partial charge on any atom is 0.255 e. The number of nitrogens with zero attached hydrogens (tertiary/aromatic N) is 1. The van der Waals surface area contributed by atoms with Gasteiger partial charge in [0.15, 0.2) is 0 Å². The molecule has 1 aromatic rings. The highest BCUT2D eigenvalue weighted by Gasteiger charge is 2.30. The summed E-state index contributed by atoms with van der Waals surface area (Å²) < 4.78 is 13.3. The molecule has 17 heavy (non-hydrogen) atoms. The minimum atomic E-state index is -0.570. The molecular formula is C12H12Cl2FNO. The average Bonchev–Trinajstić information content (AvgIpc) is 2.80. The van der Waals surface area contributed by atoms with Crippen molar-refractivity contribution in [2.45, 2.75) is 18.9 Å². The fourth-order valence-electron chi connectivity index (χ4n) is 2.09. The fourth-order valence-corrected chi connectivity index (χ4v) is 2.61. The molecule has 92 valence electrons. The van der Waals surface area contributed by atoms with Gasteiger partial charge >= 0.3 is 0 Å². The molecule has 0 radical (unpaired) electrons. The van der Waals surface area contributed by atoms with E-state index in [1.165, 1.54) is 18.2 Å². The van der Waals surface area contributed by atoms with Crippen molar-refractivity contribution in [1.29, 1.82) is 0 Å². The zero-order chi connectivity index (χ0) is 12.4. The van der Waals surface area contributed by atoms with Crippen LogP contribution < -0.4 is 0 Å². The first-order valence-corrected chi connectivity index (χ1v) is 6.37. The van der Waals surface area contributed by atoms with Gasteiger partial charge in [-0.2, -0.15) is 0 Å². The van der Waals surface area contributed by atoms with E-state index < -0.39 is 5.82 Å². The van der Waals surface area contributed by atoms with Gasteiger partial charge in [-0.05, 0) is 25.0 Å². The molecule has 0 N–H and O–H groups in total. The number of likely N-dealkylation sites (tertiary alicyclic amines) is 1. The predicted octanol–water partition coefficient (Wildman–Crippen LogP) is 3.32. The first kappa shape index (κ1) is 12.7. The zero-order valence-corrected chi connectivity index (χ0v) is 10.6. The van der Waals surface area contributed by atoms with E-state index in [4.69, 9.17) is 23.2 Å². The summed E-state index contributed by atoms with van der Waals surface area (Å²) in [5.41, 5.74) is 0.212. The highest BCUT2D eigenvalue weighted by atomic mass is 35.5. The van der Waals surface area contributed by atoms with Crippen LogP contribution in [0.1, 0.15) is 23.2 Å². The van der Waals surface area contributed by atoms with Crippen LogP contribution >= 0.6 is 23.2 Å². The Bertz CT molecular complexity index is 439. The minimum absolute atomic E-state index is 0.0310. The Kier molecular flexibility index (Phi) is 3.89. The number of benzene rings is 1. The van der Waals surface area contributed by atoms with Gasteiger partial charge in [-0.15, -0.1) is 11.6 Å². The number of alkyl halides is 1. The highest BCUT2D eigenvalue weighted by molar-refractivity contribution is 6.34. The monoisotopic (exact) mass is 275 g/mol. The molecule has 1 atom stereocenters. The summed E-state index contributed by atoms with van der Waals surface area (Å²) in [6.45, 7) is 0.656. The number of hydrogen-bond donors (Lipinski definition) is 0. The van der Waals surface area contributed by atoms with E-state index in [0.717, 1.165) is 12.8 Å². The van der Waals surface area contributed by atoms with Crippen molar-refractivity contribution in [2.75, 3.05) is 12.4 Å². The Balaban J connectivity index is 2.28. The third-order valence-electron chi connectivity index (χ3n) is 3.00. The quantitative estimate of drug-likeness (QED) is 0.759. The molecule has 1 amide bonds. The van der Waals surface area contributed by atoms with Crippen LogP contribution in [0.15, 0.2) is 18.2 Å². The largest absolute Gasteiger partial charge is 0.334 e. The molecule has 5 heteroatoms. The maximum absolute atomic E-state index is 13.3. The lowest BCUT2D eigenvalue weighted by Gasteiger charge is -2.23. The first-order valence-electron chi connectivity index (χ1n) is 5.46. The molecule has 1 unspecified atom stereocenters. The van der Waals surface area contributed by atoms with Crippen LogP contribution in [0.5, 0.6) is 0 Å². The molecule has 1 fully saturated rings. The average molecular weight is 276 g/mol. The second kappa shape index (κ2) is 5.23. The number of rotatable bonds is 2. The molecule has 1 saturated heterocycles. The number of amides is 1. The lowest BCUT2D eigenvalue weighted by molar-refractivity contribution is 0.0749. The van der Waals surface area contributed by atoms with Crippen LogP contribution in [-0.4, -0.2) is 29.3 Å². The fraction of sp³-hybridized carbons (Fsp3) is 0.417. The molecule has 1 aliphatic rings. The smallest absolute Gasteiger partial charge is 0.255 e. The van der Waals surface area contributed by atoms with E-state index in [-0.39, 0.29) is 22.5 Å². The molecule has 0 bridgehead atoms. The summed E-state index contributed by atoms with van der Waals surface area (Å²) >= 11 is 11.6. The van der Waals surface area contributed by atoms with Gasteiger partial charge in [-0.25, -0.2) is 4.39 Å². The van der Waals surface area contributed by atoms with Crippen LogP contribution in [-0.2, 0) is 0 Å². The summed E-state index contributed by atoms with van der Waals surface area (Å²) in [5, 5.41) is -0.113.